The summed E-state index contributed by atoms with van der Waals surface area (Å²) < 4.78 is 0. The summed E-state index contributed by atoms with van der Waals surface area (Å²) in [4.78, 5) is 0. The van der Waals surface area contributed by atoms with Crippen molar-refractivity contribution in [2.75, 3.05) is 5.73 Å². The van der Waals surface area contributed by atoms with Gasteiger partial charge in [-0.3, -0.25) is 0 Å². The quantitative estimate of drug-likeness (QED) is 0.775. The van der Waals surface area contributed by atoms with Gasteiger partial charge in [-0.15, -0.1) is 0 Å². The zero-order valence-corrected chi connectivity index (χ0v) is 10.1. The highest BCUT2D eigenvalue weighted by Crippen LogP contribution is 2.33. The SMILES string of the molecule is Nc1ccc(C2=CC=C(c3ccccc3)C2)cc1. The van der Waals surface area contributed by atoms with E-state index >= 15 is 0 Å². The third-order valence-electron chi connectivity index (χ3n) is 3.29. The molecule has 1 heteroatoms. The molecule has 18 heavy (non-hydrogen) atoms. The van der Waals surface area contributed by atoms with Crippen molar-refractivity contribution in [1.82, 2.24) is 0 Å². The maximum absolute atomic E-state index is 5.71. The maximum Gasteiger partial charge on any atom is 0.0314 e. The van der Waals surface area contributed by atoms with Crippen molar-refractivity contribution in [3.05, 3.63) is 77.9 Å². The van der Waals surface area contributed by atoms with Gasteiger partial charge in [0.05, 0.1) is 0 Å². The Kier molecular flexibility index (Phi) is 2.73. The van der Waals surface area contributed by atoms with Crippen molar-refractivity contribution in [1.29, 1.82) is 0 Å². The first-order valence-electron chi connectivity index (χ1n) is 6.14. The Labute approximate surface area is 107 Å². The second-order valence-corrected chi connectivity index (χ2v) is 4.55. The standard InChI is InChI=1S/C17H15N/c18-17-10-8-14(9-11-17)16-7-6-15(12-16)13-4-2-1-3-5-13/h1-11H,12,18H2. The molecule has 2 N–H and O–H groups in total. The fraction of sp³-hybridized carbons (Fsp3) is 0.0588. The van der Waals surface area contributed by atoms with Gasteiger partial charge in [0.15, 0.2) is 0 Å². The van der Waals surface area contributed by atoms with Crippen molar-refractivity contribution < 1.29 is 0 Å². The monoisotopic (exact) mass is 233 g/mol. The molecule has 0 atom stereocenters. The lowest BCUT2D eigenvalue weighted by atomic mass is 9.99. The zero-order valence-electron chi connectivity index (χ0n) is 10.1. The molecule has 0 saturated carbocycles. The molecule has 1 aliphatic rings. The van der Waals surface area contributed by atoms with E-state index in [0.29, 0.717) is 0 Å². The minimum Gasteiger partial charge on any atom is -0.399 e. The molecule has 2 aromatic rings. The second-order valence-electron chi connectivity index (χ2n) is 4.55. The van der Waals surface area contributed by atoms with E-state index in [-0.39, 0.29) is 0 Å². The third-order valence-corrected chi connectivity index (χ3v) is 3.29. The van der Waals surface area contributed by atoms with Crippen LogP contribution in [0.3, 0.4) is 0 Å². The summed E-state index contributed by atoms with van der Waals surface area (Å²) in [6.07, 6.45) is 5.41. The lowest BCUT2D eigenvalue weighted by molar-refractivity contribution is 1.42. The van der Waals surface area contributed by atoms with Gasteiger partial charge in [-0.25, -0.2) is 0 Å². The second kappa shape index (κ2) is 4.53. The Balaban J connectivity index is 1.80. The number of rotatable bonds is 2. The van der Waals surface area contributed by atoms with Crippen LogP contribution in [0.4, 0.5) is 5.69 Å². The number of nitrogen functional groups attached to an aromatic ring is 1. The van der Waals surface area contributed by atoms with Gasteiger partial charge in [0.2, 0.25) is 0 Å². The van der Waals surface area contributed by atoms with E-state index in [1.807, 2.05) is 18.2 Å². The van der Waals surface area contributed by atoms with Crippen LogP contribution in [0.25, 0.3) is 11.1 Å². The molecule has 0 amide bonds. The van der Waals surface area contributed by atoms with Gasteiger partial charge in [0.25, 0.3) is 0 Å². The highest BCUT2D eigenvalue weighted by Gasteiger charge is 2.11. The van der Waals surface area contributed by atoms with Crippen LogP contribution >= 0.6 is 0 Å². The Morgan fingerprint density at radius 1 is 0.667 bits per heavy atom. The summed E-state index contributed by atoms with van der Waals surface area (Å²) in [5.41, 5.74) is 11.8. The lowest BCUT2D eigenvalue weighted by Gasteiger charge is -2.06. The molecule has 0 aromatic heterocycles. The highest BCUT2D eigenvalue weighted by molar-refractivity contribution is 5.86. The Morgan fingerprint density at radius 2 is 1.22 bits per heavy atom. The smallest absolute Gasteiger partial charge is 0.0314 e. The van der Waals surface area contributed by atoms with E-state index in [0.717, 1.165) is 12.1 Å². The van der Waals surface area contributed by atoms with Gasteiger partial charge in [0.1, 0.15) is 0 Å². The fourth-order valence-corrected chi connectivity index (χ4v) is 2.27. The van der Waals surface area contributed by atoms with Gasteiger partial charge in [-0.1, -0.05) is 54.6 Å². The first kappa shape index (κ1) is 10.8. The van der Waals surface area contributed by atoms with Crippen LogP contribution < -0.4 is 5.73 Å². The molecule has 2 aromatic carbocycles. The number of benzene rings is 2. The summed E-state index contributed by atoms with van der Waals surface area (Å²) in [6.45, 7) is 0. The Bertz CT molecular complexity index is 604. The van der Waals surface area contributed by atoms with E-state index in [1.54, 1.807) is 0 Å². The van der Waals surface area contributed by atoms with Crippen LogP contribution in [0.5, 0.6) is 0 Å². The molecule has 0 saturated heterocycles. The van der Waals surface area contributed by atoms with Gasteiger partial charge in [-0.2, -0.15) is 0 Å². The zero-order chi connectivity index (χ0) is 12.4. The summed E-state index contributed by atoms with van der Waals surface area (Å²) in [7, 11) is 0. The molecule has 0 radical (unpaired) electrons. The van der Waals surface area contributed by atoms with Gasteiger partial charge >= 0.3 is 0 Å². The van der Waals surface area contributed by atoms with Crippen molar-refractivity contribution in [3.8, 4) is 0 Å². The topological polar surface area (TPSA) is 26.0 Å². The fourth-order valence-electron chi connectivity index (χ4n) is 2.27. The molecule has 88 valence electrons. The van der Waals surface area contributed by atoms with Crippen LogP contribution in [0.1, 0.15) is 17.5 Å². The molecule has 1 aliphatic carbocycles. The van der Waals surface area contributed by atoms with Gasteiger partial charge in [-0.05, 0) is 40.8 Å². The van der Waals surface area contributed by atoms with E-state index in [4.69, 9.17) is 5.73 Å². The lowest BCUT2D eigenvalue weighted by Crippen LogP contribution is -1.87. The molecule has 0 spiro atoms. The van der Waals surface area contributed by atoms with E-state index in [2.05, 4.69) is 48.6 Å². The molecule has 1 nitrogen and oxygen atoms in total. The van der Waals surface area contributed by atoms with E-state index < -0.39 is 0 Å². The van der Waals surface area contributed by atoms with Gasteiger partial charge < -0.3 is 5.73 Å². The normalized spacial score (nSPS) is 14.2. The molecule has 0 fully saturated rings. The number of nitrogens with two attached hydrogens (primary N) is 1. The van der Waals surface area contributed by atoms with E-state index in [1.165, 1.54) is 22.3 Å². The van der Waals surface area contributed by atoms with Crippen LogP contribution in [0.2, 0.25) is 0 Å². The third kappa shape index (κ3) is 2.07. The molecule has 0 heterocycles. The molecular weight excluding hydrogens is 218 g/mol. The predicted molar refractivity (Wildman–Crippen MR) is 77.9 cm³/mol. The van der Waals surface area contributed by atoms with Gasteiger partial charge in [0, 0.05) is 5.69 Å². The number of hydrogen-bond acceptors (Lipinski definition) is 1. The number of allylic oxidation sites excluding steroid dienone is 4. The largest absolute Gasteiger partial charge is 0.399 e. The van der Waals surface area contributed by atoms with Crippen LogP contribution in [-0.2, 0) is 0 Å². The average Bonchev–Trinajstić information content (AvgIpc) is 2.90. The minimum atomic E-state index is 0.814. The van der Waals surface area contributed by atoms with Crippen molar-refractivity contribution in [2.24, 2.45) is 0 Å². The summed E-state index contributed by atoms with van der Waals surface area (Å²) >= 11 is 0. The Morgan fingerprint density at radius 3 is 1.83 bits per heavy atom. The Hall–Kier alpha value is -2.28. The van der Waals surface area contributed by atoms with Crippen molar-refractivity contribution in [2.45, 2.75) is 6.42 Å². The first-order chi connectivity index (χ1) is 8.83. The first-order valence-corrected chi connectivity index (χ1v) is 6.14. The van der Waals surface area contributed by atoms with Crippen LogP contribution in [-0.4, -0.2) is 0 Å². The maximum atomic E-state index is 5.71. The molecule has 0 unspecified atom stereocenters. The van der Waals surface area contributed by atoms with Crippen LogP contribution in [0, 0.1) is 0 Å². The summed E-state index contributed by atoms with van der Waals surface area (Å²) in [5, 5.41) is 0. The molecule has 0 bridgehead atoms. The predicted octanol–water partition coefficient (Wildman–Crippen LogP) is 4.14. The highest BCUT2D eigenvalue weighted by atomic mass is 14.5. The van der Waals surface area contributed by atoms with E-state index in [9.17, 15) is 0 Å². The molecule has 0 aliphatic heterocycles. The number of hydrogen-bond donors (Lipinski definition) is 1. The summed E-state index contributed by atoms with van der Waals surface area (Å²) in [6, 6.07) is 18.6. The molecular formula is C17H15N. The summed E-state index contributed by atoms with van der Waals surface area (Å²) in [5.74, 6) is 0. The minimum absolute atomic E-state index is 0.814. The van der Waals surface area contributed by atoms with Crippen molar-refractivity contribution >= 4 is 16.8 Å². The average molecular weight is 233 g/mol. The van der Waals surface area contributed by atoms with Crippen molar-refractivity contribution in [3.63, 3.8) is 0 Å². The molecule has 3 rings (SSSR count). The number of anilines is 1. The van der Waals surface area contributed by atoms with Crippen LogP contribution in [0.15, 0.2) is 66.7 Å².